The number of nitrogens with two attached hydrogens (primary N) is 1. The van der Waals surface area contributed by atoms with Crippen molar-refractivity contribution in [1.82, 2.24) is 20.2 Å². The Balaban J connectivity index is 1.39. The van der Waals surface area contributed by atoms with Gasteiger partial charge in [-0.2, -0.15) is 4.68 Å². The predicted octanol–water partition coefficient (Wildman–Crippen LogP) is 3.90. The molecular weight excluding hydrogens is 490 g/mol. The van der Waals surface area contributed by atoms with Crippen molar-refractivity contribution in [2.24, 2.45) is 11.7 Å². The second kappa shape index (κ2) is 11.4. The van der Waals surface area contributed by atoms with Crippen LogP contribution in [0.3, 0.4) is 0 Å². The monoisotopic (exact) mass is 519 g/mol. The number of aromatic nitrogens is 4. The number of hydrogen-bond acceptors (Lipinski definition) is 9. The lowest BCUT2D eigenvalue weighted by molar-refractivity contribution is -0.268. The summed E-state index contributed by atoms with van der Waals surface area (Å²) in [6.45, 7) is 2.58. The molecule has 0 saturated carbocycles. The molecule has 4 N–H and O–H groups in total. The van der Waals surface area contributed by atoms with Gasteiger partial charge in [0, 0.05) is 23.8 Å². The minimum Gasteiger partial charge on any atom is -0.508 e. The highest BCUT2D eigenvalue weighted by Gasteiger charge is 2.38. The highest BCUT2D eigenvalue weighted by Crippen LogP contribution is 2.43. The number of benzene rings is 3. The molecule has 3 aromatic carbocycles. The van der Waals surface area contributed by atoms with Gasteiger partial charge >= 0.3 is 0 Å². The van der Waals surface area contributed by atoms with Gasteiger partial charge in [0.15, 0.2) is 6.29 Å². The summed E-state index contributed by atoms with van der Waals surface area (Å²) in [5.74, 6) is 0.815. The van der Waals surface area contributed by atoms with E-state index in [0.717, 1.165) is 27.9 Å². The third-order valence-electron chi connectivity index (χ3n) is 6.52. The molecule has 0 spiro atoms. The van der Waals surface area contributed by atoms with Gasteiger partial charge in [-0.25, -0.2) is 0 Å². The largest absolute Gasteiger partial charge is 0.508 e. The van der Waals surface area contributed by atoms with Gasteiger partial charge in [0.25, 0.3) is 0 Å². The van der Waals surface area contributed by atoms with Crippen LogP contribution in [0.25, 0.3) is 5.69 Å². The van der Waals surface area contributed by atoms with Gasteiger partial charge in [0.2, 0.25) is 5.16 Å². The Bertz CT molecular complexity index is 1300. The molecule has 4 atom stereocenters. The molecule has 0 bridgehead atoms. The zero-order chi connectivity index (χ0) is 25.8. The van der Waals surface area contributed by atoms with Gasteiger partial charge in [0.05, 0.1) is 24.5 Å². The highest BCUT2D eigenvalue weighted by molar-refractivity contribution is 7.99. The normalized spacial score (nSPS) is 21.7. The highest BCUT2D eigenvalue weighted by atomic mass is 32.2. The Hall–Kier alpha value is -3.28. The number of phenolic OH excluding ortho intramolecular Hbond substituents is 1. The maximum atomic E-state index is 9.61. The molecule has 2 heterocycles. The van der Waals surface area contributed by atoms with E-state index in [1.54, 1.807) is 28.9 Å². The molecule has 192 valence electrons. The van der Waals surface area contributed by atoms with Crippen molar-refractivity contribution in [1.29, 1.82) is 0 Å². The number of tetrazole rings is 1. The molecule has 5 rings (SSSR count). The van der Waals surface area contributed by atoms with Gasteiger partial charge in [0.1, 0.15) is 5.75 Å². The average Bonchev–Trinajstić information content (AvgIpc) is 3.42. The van der Waals surface area contributed by atoms with Crippen molar-refractivity contribution in [2.75, 3.05) is 5.75 Å². The molecule has 1 aliphatic heterocycles. The van der Waals surface area contributed by atoms with Crippen LogP contribution in [0.2, 0.25) is 0 Å². The lowest BCUT2D eigenvalue weighted by atomic mass is 9.91. The number of ether oxygens (including phenoxy) is 2. The average molecular weight is 520 g/mol. The van der Waals surface area contributed by atoms with Crippen LogP contribution in [0.1, 0.15) is 41.6 Å². The number of phenols is 1. The molecule has 0 amide bonds. The minimum absolute atomic E-state index is 0.00437. The fourth-order valence-corrected chi connectivity index (χ4v) is 5.36. The smallest absolute Gasteiger partial charge is 0.214 e. The molecular formula is C27H29N5O4S. The van der Waals surface area contributed by atoms with Crippen molar-refractivity contribution < 1.29 is 19.7 Å². The van der Waals surface area contributed by atoms with E-state index >= 15 is 0 Å². The molecule has 37 heavy (non-hydrogen) atoms. The summed E-state index contributed by atoms with van der Waals surface area (Å²) in [5, 5.41) is 31.8. The van der Waals surface area contributed by atoms with Gasteiger partial charge in [-0.05, 0) is 51.4 Å². The lowest BCUT2D eigenvalue weighted by Crippen LogP contribution is -2.38. The maximum absolute atomic E-state index is 9.61. The quantitative estimate of drug-likeness (QED) is 0.297. The maximum Gasteiger partial charge on any atom is 0.214 e. The summed E-state index contributed by atoms with van der Waals surface area (Å²) in [6.07, 6.45) is -0.922. The molecule has 0 aliphatic carbocycles. The molecule has 1 fully saturated rings. The van der Waals surface area contributed by atoms with Crippen molar-refractivity contribution in [3.63, 3.8) is 0 Å². The Morgan fingerprint density at radius 1 is 0.919 bits per heavy atom. The van der Waals surface area contributed by atoms with E-state index in [0.29, 0.717) is 17.5 Å². The van der Waals surface area contributed by atoms with E-state index in [1.165, 1.54) is 11.8 Å². The van der Waals surface area contributed by atoms with Gasteiger partial charge in [-0.1, -0.05) is 67.2 Å². The van der Waals surface area contributed by atoms with Crippen LogP contribution in [0.5, 0.6) is 5.75 Å². The Kier molecular flexibility index (Phi) is 7.82. The summed E-state index contributed by atoms with van der Waals surface area (Å²) >= 11 is 1.50. The summed E-state index contributed by atoms with van der Waals surface area (Å²) in [7, 11) is 0. The second-order valence-corrected chi connectivity index (χ2v) is 9.96. The van der Waals surface area contributed by atoms with Crippen molar-refractivity contribution >= 4 is 11.8 Å². The van der Waals surface area contributed by atoms with Crippen LogP contribution in [0, 0.1) is 5.92 Å². The molecule has 0 radical (unpaired) electrons. The number of aliphatic hydroxyl groups is 1. The van der Waals surface area contributed by atoms with E-state index in [1.807, 2.05) is 48.5 Å². The van der Waals surface area contributed by atoms with Crippen LogP contribution in [0.4, 0.5) is 0 Å². The van der Waals surface area contributed by atoms with Gasteiger partial charge in [-0.3, -0.25) is 0 Å². The number of aromatic hydroxyl groups is 1. The third-order valence-corrected chi connectivity index (χ3v) is 7.53. The zero-order valence-electron chi connectivity index (χ0n) is 20.3. The van der Waals surface area contributed by atoms with Crippen LogP contribution < -0.4 is 5.73 Å². The first kappa shape index (κ1) is 25.4. The van der Waals surface area contributed by atoms with Gasteiger partial charge < -0.3 is 25.4 Å². The van der Waals surface area contributed by atoms with Crippen LogP contribution in [-0.2, 0) is 22.6 Å². The molecule has 1 aliphatic rings. The van der Waals surface area contributed by atoms with E-state index < -0.39 is 6.29 Å². The van der Waals surface area contributed by atoms with Crippen molar-refractivity contribution in [3.05, 3.63) is 95.1 Å². The second-order valence-electron chi connectivity index (χ2n) is 8.97. The molecule has 9 nitrogen and oxygen atoms in total. The van der Waals surface area contributed by atoms with Crippen LogP contribution in [-0.4, -0.2) is 42.3 Å². The zero-order valence-corrected chi connectivity index (χ0v) is 21.2. The predicted molar refractivity (Wildman–Crippen MR) is 139 cm³/mol. The number of hydrogen-bond donors (Lipinski definition) is 3. The summed E-state index contributed by atoms with van der Waals surface area (Å²) in [6, 6.07) is 22.5. The number of rotatable bonds is 8. The molecule has 1 unspecified atom stereocenters. The van der Waals surface area contributed by atoms with E-state index in [4.69, 9.17) is 15.2 Å². The molecule has 10 heteroatoms. The van der Waals surface area contributed by atoms with Crippen LogP contribution in [0.15, 0.2) is 78.0 Å². The third kappa shape index (κ3) is 5.68. The minimum atomic E-state index is -0.552. The number of thioether (sulfide) groups is 1. The summed E-state index contributed by atoms with van der Waals surface area (Å²) < 4.78 is 14.6. The Labute approximate surface area is 219 Å². The van der Waals surface area contributed by atoms with E-state index in [9.17, 15) is 10.2 Å². The standard InChI is InChI=1S/C27H29N5O4S/c1-17-24(16-37-27-29-30-31-32(27)22-10-12-23(34)13-11-22)35-26(21-8-2-18(14-28)3-9-21)36-25(17)20-6-4-19(15-33)5-7-20/h2-13,17,24-26,33-34H,14-16,28H2,1H3/t17-,24+,25+,26?/m0/s1. The Morgan fingerprint density at radius 3 is 2.27 bits per heavy atom. The summed E-state index contributed by atoms with van der Waals surface area (Å²) in [5.41, 5.74) is 10.4. The lowest BCUT2D eigenvalue weighted by Gasteiger charge is -2.41. The first-order valence-corrected chi connectivity index (χ1v) is 13.0. The molecule has 1 saturated heterocycles. The SMILES string of the molecule is C[C@H]1[C@@H](CSc2nnnn2-c2ccc(O)cc2)OC(c2ccc(CN)cc2)O[C@H]1c1ccc(CO)cc1. The fourth-order valence-electron chi connectivity index (χ4n) is 4.30. The molecule has 1 aromatic heterocycles. The van der Waals surface area contributed by atoms with Gasteiger partial charge in [-0.15, -0.1) is 5.10 Å². The first-order valence-electron chi connectivity index (χ1n) is 12.1. The van der Waals surface area contributed by atoms with Crippen molar-refractivity contribution in [2.45, 2.75) is 43.7 Å². The van der Waals surface area contributed by atoms with Crippen molar-refractivity contribution in [3.8, 4) is 11.4 Å². The van der Waals surface area contributed by atoms with E-state index in [2.05, 4.69) is 22.4 Å². The number of aliphatic hydroxyl groups excluding tert-OH is 1. The van der Waals surface area contributed by atoms with E-state index in [-0.39, 0.29) is 30.5 Å². The summed E-state index contributed by atoms with van der Waals surface area (Å²) in [4.78, 5) is 0. The fraction of sp³-hybridized carbons (Fsp3) is 0.296. The molecule has 4 aromatic rings. The topological polar surface area (TPSA) is 129 Å². The Morgan fingerprint density at radius 2 is 1.59 bits per heavy atom. The number of nitrogens with zero attached hydrogens (tertiary/aromatic N) is 4. The first-order chi connectivity index (χ1) is 18.1. The van der Waals surface area contributed by atoms with Crippen LogP contribution >= 0.6 is 11.8 Å².